The molecule has 0 aliphatic heterocycles. The summed E-state index contributed by atoms with van der Waals surface area (Å²) in [4.78, 5) is 21.5. The van der Waals surface area contributed by atoms with Crippen molar-refractivity contribution in [3.05, 3.63) is 52.6 Å². The van der Waals surface area contributed by atoms with Crippen molar-refractivity contribution in [2.24, 2.45) is 0 Å². The Labute approximate surface area is 175 Å². The predicted molar refractivity (Wildman–Crippen MR) is 115 cm³/mol. The standard InChI is InChI=1S/C20H24N6O2.ClH/c1-11-8-12(2)23-20(22-11)26-14(4)16(13(3)25-26)10-19(27)24-18-9-15(28-5)6-7-17(18)21;/h6-9H,10,21H2,1-5H3,(H,24,27);1H. The van der Waals surface area contributed by atoms with Crippen LogP contribution in [0.3, 0.4) is 0 Å². The topological polar surface area (TPSA) is 108 Å². The summed E-state index contributed by atoms with van der Waals surface area (Å²) in [6.07, 6.45) is 0.166. The van der Waals surface area contributed by atoms with Crippen LogP contribution < -0.4 is 15.8 Å². The number of hydrogen-bond donors (Lipinski definition) is 2. The van der Waals surface area contributed by atoms with Crippen molar-refractivity contribution < 1.29 is 9.53 Å². The highest BCUT2D eigenvalue weighted by Gasteiger charge is 2.18. The average molecular weight is 417 g/mol. The molecule has 2 heterocycles. The third-order valence-corrected chi connectivity index (χ3v) is 4.47. The van der Waals surface area contributed by atoms with Gasteiger partial charge in [0.2, 0.25) is 5.91 Å². The van der Waals surface area contributed by atoms with Gasteiger partial charge < -0.3 is 15.8 Å². The van der Waals surface area contributed by atoms with E-state index in [9.17, 15) is 4.79 Å². The first-order chi connectivity index (χ1) is 13.3. The van der Waals surface area contributed by atoms with Gasteiger partial charge in [-0.25, -0.2) is 14.6 Å². The van der Waals surface area contributed by atoms with E-state index in [-0.39, 0.29) is 24.7 Å². The molecule has 0 spiro atoms. The fourth-order valence-electron chi connectivity index (χ4n) is 3.05. The van der Waals surface area contributed by atoms with Gasteiger partial charge in [0.15, 0.2) is 0 Å². The van der Waals surface area contributed by atoms with E-state index >= 15 is 0 Å². The Hall–Kier alpha value is -3.13. The molecule has 2 aromatic heterocycles. The van der Waals surface area contributed by atoms with Gasteiger partial charge in [-0.3, -0.25) is 4.79 Å². The average Bonchev–Trinajstić information content (AvgIpc) is 2.91. The molecule has 0 bridgehead atoms. The van der Waals surface area contributed by atoms with Gasteiger partial charge in [-0.05, 0) is 45.9 Å². The number of aromatic nitrogens is 4. The smallest absolute Gasteiger partial charge is 0.251 e. The summed E-state index contributed by atoms with van der Waals surface area (Å²) in [5.41, 5.74) is 11.1. The molecule has 29 heavy (non-hydrogen) atoms. The minimum Gasteiger partial charge on any atom is -0.497 e. The van der Waals surface area contributed by atoms with Crippen molar-refractivity contribution in [3.8, 4) is 11.7 Å². The van der Waals surface area contributed by atoms with Crippen molar-refractivity contribution in [3.63, 3.8) is 0 Å². The summed E-state index contributed by atoms with van der Waals surface area (Å²) >= 11 is 0. The van der Waals surface area contributed by atoms with E-state index in [4.69, 9.17) is 10.5 Å². The SMILES string of the molecule is COc1ccc(N)c(NC(=O)Cc2c(C)nn(-c3nc(C)cc(C)n3)c2C)c1.Cl. The Kier molecular flexibility index (Phi) is 6.81. The van der Waals surface area contributed by atoms with E-state index in [1.54, 1.807) is 30.0 Å². The lowest BCUT2D eigenvalue weighted by Gasteiger charge is -2.10. The lowest BCUT2D eigenvalue weighted by molar-refractivity contribution is -0.115. The monoisotopic (exact) mass is 416 g/mol. The molecule has 0 radical (unpaired) electrons. The van der Waals surface area contributed by atoms with Crippen LogP contribution >= 0.6 is 12.4 Å². The van der Waals surface area contributed by atoms with E-state index in [0.717, 1.165) is 28.3 Å². The van der Waals surface area contributed by atoms with Crippen LogP contribution in [0.2, 0.25) is 0 Å². The molecule has 1 amide bonds. The molecular weight excluding hydrogens is 392 g/mol. The Bertz CT molecular complexity index is 1030. The van der Waals surface area contributed by atoms with Gasteiger partial charge >= 0.3 is 0 Å². The second-order valence-corrected chi connectivity index (χ2v) is 6.69. The van der Waals surface area contributed by atoms with E-state index < -0.39 is 0 Å². The van der Waals surface area contributed by atoms with Gasteiger partial charge in [-0.15, -0.1) is 12.4 Å². The molecule has 0 saturated heterocycles. The van der Waals surface area contributed by atoms with Gasteiger partial charge in [0.05, 0.1) is 30.6 Å². The number of rotatable bonds is 5. The van der Waals surface area contributed by atoms with Crippen LogP contribution in [-0.2, 0) is 11.2 Å². The number of hydrogen-bond acceptors (Lipinski definition) is 6. The van der Waals surface area contributed by atoms with Crippen molar-refractivity contribution in [2.45, 2.75) is 34.1 Å². The maximum absolute atomic E-state index is 12.6. The molecule has 0 atom stereocenters. The summed E-state index contributed by atoms with van der Waals surface area (Å²) < 4.78 is 6.86. The Morgan fingerprint density at radius 3 is 2.41 bits per heavy atom. The summed E-state index contributed by atoms with van der Waals surface area (Å²) in [6, 6.07) is 7.04. The number of anilines is 2. The normalized spacial score (nSPS) is 10.4. The number of nitrogens with zero attached hydrogens (tertiary/aromatic N) is 4. The predicted octanol–water partition coefficient (Wildman–Crippen LogP) is 3.09. The largest absolute Gasteiger partial charge is 0.497 e. The van der Waals surface area contributed by atoms with Crippen molar-refractivity contribution in [1.82, 2.24) is 19.7 Å². The quantitative estimate of drug-likeness (QED) is 0.619. The number of amides is 1. The fraction of sp³-hybridized carbons (Fsp3) is 0.300. The van der Waals surface area contributed by atoms with Crippen LogP contribution in [0.25, 0.3) is 5.95 Å². The molecule has 0 unspecified atom stereocenters. The van der Waals surface area contributed by atoms with Gasteiger partial charge in [-0.1, -0.05) is 0 Å². The zero-order valence-corrected chi connectivity index (χ0v) is 17.9. The molecule has 9 heteroatoms. The molecule has 1 aromatic carbocycles. The first kappa shape index (κ1) is 22.2. The highest BCUT2D eigenvalue weighted by molar-refractivity contribution is 5.95. The molecule has 0 saturated carbocycles. The summed E-state index contributed by atoms with van der Waals surface area (Å²) in [5.74, 6) is 0.936. The van der Waals surface area contributed by atoms with Crippen LogP contribution in [0.5, 0.6) is 5.75 Å². The first-order valence-electron chi connectivity index (χ1n) is 8.89. The van der Waals surface area contributed by atoms with E-state index in [0.29, 0.717) is 23.1 Å². The number of nitrogens with one attached hydrogen (secondary N) is 1. The lowest BCUT2D eigenvalue weighted by Crippen LogP contribution is -2.16. The zero-order valence-electron chi connectivity index (χ0n) is 17.1. The van der Waals surface area contributed by atoms with Gasteiger partial charge in [0, 0.05) is 28.7 Å². The molecular formula is C20H25ClN6O2. The third-order valence-electron chi connectivity index (χ3n) is 4.47. The Morgan fingerprint density at radius 1 is 1.14 bits per heavy atom. The van der Waals surface area contributed by atoms with Crippen LogP contribution in [0.1, 0.15) is 28.3 Å². The number of methoxy groups -OCH3 is 1. The number of halogens is 1. The second kappa shape index (κ2) is 8.91. The highest BCUT2D eigenvalue weighted by Crippen LogP contribution is 2.25. The molecule has 3 aromatic rings. The maximum atomic E-state index is 12.6. The number of ether oxygens (including phenoxy) is 1. The lowest BCUT2D eigenvalue weighted by atomic mass is 10.1. The van der Waals surface area contributed by atoms with Crippen LogP contribution in [-0.4, -0.2) is 32.8 Å². The van der Waals surface area contributed by atoms with Crippen molar-refractivity contribution >= 4 is 29.7 Å². The number of nitrogen functional groups attached to an aromatic ring is 1. The second-order valence-electron chi connectivity index (χ2n) is 6.69. The molecule has 0 aliphatic carbocycles. The number of carbonyl (C=O) groups is 1. The molecule has 3 N–H and O–H groups in total. The van der Waals surface area contributed by atoms with Crippen LogP contribution in [0.4, 0.5) is 11.4 Å². The molecule has 0 fully saturated rings. The van der Waals surface area contributed by atoms with Crippen LogP contribution in [0, 0.1) is 27.7 Å². The number of nitrogens with two attached hydrogens (primary N) is 1. The zero-order chi connectivity index (χ0) is 20.4. The molecule has 3 rings (SSSR count). The first-order valence-corrected chi connectivity index (χ1v) is 8.89. The minimum absolute atomic E-state index is 0. The summed E-state index contributed by atoms with van der Waals surface area (Å²) in [6.45, 7) is 7.60. The third kappa shape index (κ3) is 4.83. The van der Waals surface area contributed by atoms with Gasteiger partial charge in [0.1, 0.15) is 5.75 Å². The summed E-state index contributed by atoms with van der Waals surface area (Å²) in [7, 11) is 1.56. The Balaban J connectivity index is 0.00000300. The van der Waals surface area contributed by atoms with Gasteiger partial charge in [-0.2, -0.15) is 5.10 Å². The minimum atomic E-state index is -0.188. The highest BCUT2D eigenvalue weighted by atomic mass is 35.5. The fourth-order valence-corrected chi connectivity index (χ4v) is 3.05. The van der Waals surface area contributed by atoms with E-state index in [1.807, 2.05) is 33.8 Å². The van der Waals surface area contributed by atoms with Crippen molar-refractivity contribution in [2.75, 3.05) is 18.2 Å². The van der Waals surface area contributed by atoms with Gasteiger partial charge in [0.25, 0.3) is 5.95 Å². The van der Waals surface area contributed by atoms with E-state index in [2.05, 4.69) is 20.4 Å². The number of carbonyl (C=O) groups excluding carboxylic acids is 1. The molecule has 8 nitrogen and oxygen atoms in total. The number of benzene rings is 1. The summed E-state index contributed by atoms with van der Waals surface area (Å²) in [5, 5.41) is 7.38. The maximum Gasteiger partial charge on any atom is 0.251 e. The van der Waals surface area contributed by atoms with Crippen molar-refractivity contribution in [1.29, 1.82) is 0 Å². The number of aryl methyl sites for hydroxylation is 3. The van der Waals surface area contributed by atoms with E-state index in [1.165, 1.54) is 0 Å². The van der Waals surface area contributed by atoms with Crippen LogP contribution in [0.15, 0.2) is 24.3 Å². The molecule has 154 valence electrons. The molecule has 0 aliphatic rings. The Morgan fingerprint density at radius 2 is 1.79 bits per heavy atom.